The van der Waals surface area contributed by atoms with Gasteiger partial charge in [-0.25, -0.2) is 0 Å². The van der Waals surface area contributed by atoms with Gasteiger partial charge in [-0.15, -0.1) is 10.2 Å². The summed E-state index contributed by atoms with van der Waals surface area (Å²) in [5.41, 5.74) is 6.12. The smallest absolute Gasteiger partial charge is 0.234 e. The van der Waals surface area contributed by atoms with E-state index in [1.54, 1.807) is 0 Å². The summed E-state index contributed by atoms with van der Waals surface area (Å²) in [6.45, 7) is 8.35. The van der Waals surface area contributed by atoms with Crippen LogP contribution >= 0.6 is 23.4 Å². The van der Waals surface area contributed by atoms with Gasteiger partial charge in [-0.2, -0.15) is 0 Å². The van der Waals surface area contributed by atoms with Crippen molar-refractivity contribution in [2.24, 2.45) is 0 Å². The number of anilines is 1. The second kappa shape index (κ2) is 10.5. The molecule has 174 valence electrons. The zero-order valence-corrected chi connectivity index (χ0v) is 21.2. The van der Waals surface area contributed by atoms with Crippen LogP contribution in [0.5, 0.6) is 0 Å². The Morgan fingerprint density at radius 3 is 2.47 bits per heavy atom. The van der Waals surface area contributed by atoms with Crippen LogP contribution in [-0.4, -0.2) is 26.4 Å². The third-order valence-electron chi connectivity index (χ3n) is 5.52. The molecule has 1 amide bonds. The van der Waals surface area contributed by atoms with E-state index >= 15 is 0 Å². The quantitative estimate of drug-likeness (QED) is 0.282. The van der Waals surface area contributed by atoms with Gasteiger partial charge in [-0.3, -0.25) is 9.36 Å². The lowest BCUT2D eigenvalue weighted by atomic mass is 10.0. The summed E-state index contributed by atoms with van der Waals surface area (Å²) in [7, 11) is 0. The summed E-state index contributed by atoms with van der Waals surface area (Å²) >= 11 is 7.48. The number of halogens is 1. The highest BCUT2D eigenvalue weighted by Gasteiger charge is 2.20. The van der Waals surface area contributed by atoms with Gasteiger partial charge in [-0.1, -0.05) is 73.1 Å². The second-order valence-electron chi connectivity index (χ2n) is 8.52. The monoisotopic (exact) mass is 490 g/mol. The van der Waals surface area contributed by atoms with Gasteiger partial charge in [-0.05, 0) is 67.3 Å². The zero-order valence-electron chi connectivity index (χ0n) is 19.7. The van der Waals surface area contributed by atoms with E-state index in [1.807, 2.05) is 66.9 Å². The molecule has 4 rings (SSSR count). The molecule has 0 saturated carbocycles. The fourth-order valence-corrected chi connectivity index (χ4v) is 4.69. The lowest BCUT2D eigenvalue weighted by Gasteiger charge is -2.17. The average molecular weight is 491 g/mol. The molecule has 0 spiro atoms. The van der Waals surface area contributed by atoms with Gasteiger partial charge in [0.1, 0.15) is 0 Å². The molecule has 5 nitrogen and oxygen atoms in total. The highest BCUT2D eigenvalue weighted by molar-refractivity contribution is 7.99. The van der Waals surface area contributed by atoms with Crippen LogP contribution < -0.4 is 5.32 Å². The molecule has 0 unspecified atom stereocenters. The molecule has 0 radical (unpaired) electrons. The summed E-state index contributed by atoms with van der Waals surface area (Å²) in [6, 6.07) is 21.8. The maximum atomic E-state index is 12.8. The van der Waals surface area contributed by atoms with Crippen molar-refractivity contribution in [3.8, 4) is 17.1 Å². The van der Waals surface area contributed by atoms with Crippen LogP contribution in [0, 0.1) is 13.8 Å². The minimum Gasteiger partial charge on any atom is -0.325 e. The number of aryl methyl sites for hydroxylation is 2. The number of carbonyl (C=O) groups is 1. The highest BCUT2D eigenvalue weighted by atomic mass is 35.5. The molecule has 3 aromatic carbocycles. The summed E-state index contributed by atoms with van der Waals surface area (Å²) in [4.78, 5) is 12.8. The summed E-state index contributed by atoms with van der Waals surface area (Å²) < 4.78 is 2.04. The topological polar surface area (TPSA) is 59.8 Å². The molecular weight excluding hydrogens is 464 g/mol. The Morgan fingerprint density at radius 1 is 1.03 bits per heavy atom. The predicted molar refractivity (Wildman–Crippen MR) is 141 cm³/mol. The molecule has 0 aliphatic rings. The van der Waals surface area contributed by atoms with E-state index in [1.165, 1.54) is 17.3 Å². The van der Waals surface area contributed by atoms with Crippen molar-refractivity contribution < 1.29 is 4.79 Å². The summed E-state index contributed by atoms with van der Waals surface area (Å²) in [6.07, 6.45) is 0. The van der Waals surface area contributed by atoms with Crippen molar-refractivity contribution in [1.82, 2.24) is 14.8 Å². The maximum absolute atomic E-state index is 12.8. The van der Waals surface area contributed by atoms with Gasteiger partial charge in [0, 0.05) is 16.3 Å². The van der Waals surface area contributed by atoms with E-state index in [-0.39, 0.29) is 11.7 Å². The molecule has 0 aliphatic heterocycles. The van der Waals surface area contributed by atoms with Gasteiger partial charge in [0.25, 0.3) is 0 Å². The number of benzene rings is 3. The van der Waals surface area contributed by atoms with Gasteiger partial charge >= 0.3 is 0 Å². The van der Waals surface area contributed by atoms with Crippen molar-refractivity contribution in [2.45, 2.75) is 38.8 Å². The van der Waals surface area contributed by atoms with Crippen molar-refractivity contribution in [1.29, 1.82) is 0 Å². The first-order valence-corrected chi connectivity index (χ1v) is 12.5. The number of amides is 1. The number of nitrogens with one attached hydrogen (secondary N) is 1. The fraction of sp³-hybridized carbons (Fsp3) is 0.222. The highest BCUT2D eigenvalue weighted by Crippen LogP contribution is 2.32. The second-order valence-corrected chi connectivity index (χ2v) is 9.90. The van der Waals surface area contributed by atoms with E-state index in [0.717, 1.165) is 28.1 Å². The minimum atomic E-state index is -0.0864. The van der Waals surface area contributed by atoms with Gasteiger partial charge in [0.05, 0.1) is 11.4 Å². The number of carbonyl (C=O) groups excluding carboxylic acids is 1. The Labute approximate surface area is 209 Å². The average Bonchev–Trinajstić information content (AvgIpc) is 3.24. The van der Waals surface area contributed by atoms with Crippen LogP contribution in [0.25, 0.3) is 17.1 Å². The Morgan fingerprint density at radius 2 is 1.76 bits per heavy atom. The van der Waals surface area contributed by atoms with Gasteiger partial charge < -0.3 is 5.32 Å². The lowest BCUT2D eigenvalue weighted by Crippen LogP contribution is -2.15. The molecular formula is C27H27ClN4OS. The third-order valence-corrected chi connectivity index (χ3v) is 6.70. The third kappa shape index (κ3) is 5.34. The molecule has 34 heavy (non-hydrogen) atoms. The standard InChI is InChI=1S/C27H27ClN4OS/c1-17(2)22-7-5-6-8-24(22)32-26(20-10-12-21(28)13-11-20)30-31-27(32)34-16-25(33)29-23-14-9-18(3)15-19(23)4/h5-15,17H,16H2,1-4H3,(H,29,33). The normalized spacial score (nSPS) is 11.1. The van der Waals surface area contributed by atoms with Crippen molar-refractivity contribution in [3.63, 3.8) is 0 Å². The van der Waals surface area contributed by atoms with Crippen LogP contribution in [0.2, 0.25) is 5.02 Å². The molecule has 0 bridgehead atoms. The number of hydrogen-bond donors (Lipinski definition) is 1. The van der Waals surface area contributed by atoms with E-state index in [9.17, 15) is 4.79 Å². The zero-order chi connectivity index (χ0) is 24.2. The molecule has 1 aromatic heterocycles. The first kappa shape index (κ1) is 24.0. The first-order valence-electron chi connectivity index (χ1n) is 11.1. The van der Waals surface area contributed by atoms with Crippen molar-refractivity contribution in [2.75, 3.05) is 11.1 Å². The summed E-state index contributed by atoms with van der Waals surface area (Å²) in [5.74, 6) is 1.15. The van der Waals surface area contributed by atoms with Crippen molar-refractivity contribution in [3.05, 3.63) is 88.4 Å². The number of hydrogen-bond acceptors (Lipinski definition) is 4. The maximum Gasteiger partial charge on any atom is 0.234 e. The van der Waals surface area contributed by atoms with Crippen molar-refractivity contribution >= 4 is 35.0 Å². The van der Waals surface area contributed by atoms with E-state index < -0.39 is 0 Å². The largest absolute Gasteiger partial charge is 0.325 e. The van der Waals surface area contributed by atoms with Crippen LogP contribution in [0.15, 0.2) is 71.9 Å². The number of nitrogens with zero attached hydrogens (tertiary/aromatic N) is 3. The van der Waals surface area contributed by atoms with Crippen LogP contribution in [-0.2, 0) is 4.79 Å². The molecule has 4 aromatic rings. The van der Waals surface area contributed by atoms with E-state index in [4.69, 9.17) is 11.6 Å². The Bertz CT molecular complexity index is 1310. The molecule has 1 N–H and O–H groups in total. The Hall–Kier alpha value is -3.09. The molecule has 7 heteroatoms. The molecule has 1 heterocycles. The molecule has 0 fully saturated rings. The van der Waals surface area contributed by atoms with E-state index in [2.05, 4.69) is 47.6 Å². The number of aromatic nitrogens is 3. The van der Waals surface area contributed by atoms with Gasteiger partial charge in [0.15, 0.2) is 11.0 Å². The van der Waals surface area contributed by atoms with Crippen LogP contribution in [0.1, 0.15) is 36.5 Å². The van der Waals surface area contributed by atoms with Crippen LogP contribution in [0.4, 0.5) is 5.69 Å². The molecule has 0 saturated heterocycles. The van der Waals surface area contributed by atoms with Gasteiger partial charge in [0.2, 0.25) is 5.91 Å². The SMILES string of the molecule is Cc1ccc(NC(=O)CSc2nnc(-c3ccc(Cl)cc3)n2-c2ccccc2C(C)C)c(C)c1. The minimum absolute atomic E-state index is 0.0864. The lowest BCUT2D eigenvalue weighted by molar-refractivity contribution is -0.113. The van der Waals surface area contributed by atoms with Crippen LogP contribution in [0.3, 0.4) is 0 Å². The fourth-order valence-electron chi connectivity index (χ4n) is 3.82. The number of rotatable bonds is 7. The first-order chi connectivity index (χ1) is 16.3. The molecule has 0 aliphatic carbocycles. The predicted octanol–water partition coefficient (Wildman–Crippen LogP) is 7.06. The van der Waals surface area contributed by atoms with E-state index in [0.29, 0.717) is 21.9 Å². The number of thioether (sulfide) groups is 1. The Kier molecular flexibility index (Phi) is 7.39. The Balaban J connectivity index is 1.66. The molecule has 0 atom stereocenters. The number of para-hydroxylation sites is 1. The summed E-state index contributed by atoms with van der Waals surface area (Å²) in [5, 5.41) is 13.3.